The number of phenols is 1. The zero-order chi connectivity index (χ0) is 33.2. The summed E-state index contributed by atoms with van der Waals surface area (Å²) < 4.78 is 0. The number of benzene rings is 1. The number of carbonyl (C=O) groups excluding carboxylic acids is 3. The van der Waals surface area contributed by atoms with Gasteiger partial charge in [0.2, 0.25) is 17.7 Å². The third kappa shape index (κ3) is 15.2. The summed E-state index contributed by atoms with van der Waals surface area (Å²) in [6.07, 6.45) is -0.366. The van der Waals surface area contributed by atoms with Crippen molar-refractivity contribution < 1.29 is 39.3 Å². The van der Waals surface area contributed by atoms with Gasteiger partial charge in [0.05, 0.1) is 6.04 Å². The van der Waals surface area contributed by atoms with Crippen molar-refractivity contribution in [1.29, 1.82) is 0 Å². The Labute approximate surface area is 253 Å². The number of rotatable bonds is 20. The van der Waals surface area contributed by atoms with E-state index < -0.39 is 66.7 Å². The predicted octanol–water partition coefficient (Wildman–Crippen LogP) is -3.23. The first-order valence-corrected chi connectivity index (χ1v) is 13.7. The number of nitrogens with one attached hydrogen (secondary N) is 3. The van der Waals surface area contributed by atoms with E-state index in [2.05, 4.69) is 25.9 Å². The highest BCUT2D eigenvalue weighted by Crippen LogP contribution is 2.11. The molecule has 0 radical (unpaired) electrons. The van der Waals surface area contributed by atoms with Crippen molar-refractivity contribution in [3.8, 4) is 5.75 Å². The number of guanidine groups is 2. The summed E-state index contributed by atoms with van der Waals surface area (Å²) in [5.74, 6) is -5.38. The first-order valence-electron chi connectivity index (χ1n) is 13.7. The molecule has 0 aliphatic heterocycles. The second-order valence-electron chi connectivity index (χ2n) is 9.83. The molecule has 18 heteroatoms. The Morgan fingerprint density at radius 3 is 1.59 bits per heavy atom. The number of carboxylic acid groups (broad SMARTS) is 2. The van der Waals surface area contributed by atoms with Crippen molar-refractivity contribution in [2.24, 2.45) is 38.7 Å². The number of hydrogen-bond acceptors (Lipinski definition) is 9. The average Bonchev–Trinajstić information content (AvgIpc) is 2.94. The molecule has 0 bridgehead atoms. The number of phenolic OH excluding ortho intramolecular Hbond substituents is 1. The SMILES string of the molecule is NC(N)=NCCCC(NC(=O)C(N)Cc1ccc(O)cc1)C(=O)NC(CCCN=C(N)N)C(=O)NC(CCC(=O)O)C(=O)O. The van der Waals surface area contributed by atoms with Crippen LogP contribution in [0.1, 0.15) is 44.1 Å². The summed E-state index contributed by atoms with van der Waals surface area (Å²) in [6, 6.07) is 0.955. The number of aromatic hydroxyl groups is 1. The minimum absolute atomic E-state index is 0.0331. The zero-order valence-corrected chi connectivity index (χ0v) is 24.1. The molecule has 4 atom stereocenters. The highest BCUT2D eigenvalue weighted by atomic mass is 16.4. The first-order chi connectivity index (χ1) is 20.7. The van der Waals surface area contributed by atoms with E-state index in [-0.39, 0.29) is 62.9 Å². The molecule has 244 valence electrons. The minimum atomic E-state index is -1.54. The normalized spacial score (nSPS) is 13.3. The molecule has 0 aliphatic rings. The van der Waals surface area contributed by atoms with Crippen LogP contribution in [-0.4, -0.2) is 94.2 Å². The van der Waals surface area contributed by atoms with E-state index in [1.807, 2.05) is 0 Å². The standard InChI is InChI=1S/C26H42N10O8/c27-16(13-14-5-7-15(37)8-6-14)21(40)34-17(3-1-11-32-25(28)29)22(41)35-18(4-2-12-33-26(30)31)23(42)36-19(24(43)44)9-10-20(38)39/h5-8,16-19,37H,1-4,9-13,27H2,(H,34,40)(H,35,41)(H,36,42)(H,38,39)(H,43,44)(H4,28,29,32)(H4,30,31,33). The number of hydrogen-bond donors (Lipinski definition) is 11. The molecular weight excluding hydrogens is 580 g/mol. The number of aliphatic imine (C=N–C) groups is 2. The maximum atomic E-state index is 13.4. The molecule has 1 rings (SSSR count). The van der Waals surface area contributed by atoms with Gasteiger partial charge in [-0.05, 0) is 56.2 Å². The van der Waals surface area contributed by atoms with Gasteiger partial charge in [-0.3, -0.25) is 29.2 Å². The van der Waals surface area contributed by atoms with Gasteiger partial charge in [-0.2, -0.15) is 0 Å². The monoisotopic (exact) mass is 622 g/mol. The number of amides is 3. The second-order valence-corrected chi connectivity index (χ2v) is 9.83. The summed E-state index contributed by atoms with van der Waals surface area (Å²) in [6.45, 7) is 0.224. The largest absolute Gasteiger partial charge is 0.508 e. The Hall–Kier alpha value is -5.13. The Bertz CT molecular complexity index is 1180. The first kappa shape index (κ1) is 36.9. The third-order valence-corrected chi connectivity index (χ3v) is 6.15. The minimum Gasteiger partial charge on any atom is -0.508 e. The Morgan fingerprint density at radius 2 is 1.16 bits per heavy atom. The highest BCUT2D eigenvalue weighted by Gasteiger charge is 2.30. The van der Waals surface area contributed by atoms with Crippen LogP contribution in [-0.2, 0) is 30.4 Å². The molecule has 16 N–H and O–H groups in total. The number of carbonyl (C=O) groups is 5. The number of carboxylic acids is 2. The lowest BCUT2D eigenvalue weighted by atomic mass is 10.0. The fourth-order valence-electron chi connectivity index (χ4n) is 3.87. The maximum Gasteiger partial charge on any atom is 0.326 e. The van der Waals surface area contributed by atoms with Crippen LogP contribution >= 0.6 is 0 Å². The van der Waals surface area contributed by atoms with E-state index in [4.69, 9.17) is 33.8 Å². The van der Waals surface area contributed by atoms with E-state index in [9.17, 15) is 34.2 Å². The molecule has 0 heterocycles. The van der Waals surface area contributed by atoms with Crippen LogP contribution in [0.3, 0.4) is 0 Å². The molecule has 18 nitrogen and oxygen atoms in total. The van der Waals surface area contributed by atoms with Gasteiger partial charge in [0.1, 0.15) is 23.9 Å². The van der Waals surface area contributed by atoms with Crippen LogP contribution in [0.25, 0.3) is 0 Å². The van der Waals surface area contributed by atoms with Crippen molar-refractivity contribution in [2.75, 3.05) is 13.1 Å². The number of nitrogens with zero attached hydrogens (tertiary/aromatic N) is 2. The molecule has 1 aromatic rings. The van der Waals surface area contributed by atoms with Crippen LogP contribution in [0.5, 0.6) is 5.75 Å². The van der Waals surface area contributed by atoms with Crippen LogP contribution in [0, 0.1) is 0 Å². The van der Waals surface area contributed by atoms with Gasteiger partial charge in [-0.1, -0.05) is 12.1 Å². The molecule has 3 amide bonds. The van der Waals surface area contributed by atoms with E-state index in [0.29, 0.717) is 5.56 Å². The smallest absolute Gasteiger partial charge is 0.326 e. The summed E-state index contributed by atoms with van der Waals surface area (Å²) in [5, 5.41) is 35.2. The lowest BCUT2D eigenvalue weighted by Crippen LogP contribution is -2.57. The van der Waals surface area contributed by atoms with Gasteiger partial charge < -0.3 is 59.9 Å². The van der Waals surface area contributed by atoms with Crippen molar-refractivity contribution in [1.82, 2.24) is 16.0 Å². The second kappa shape index (κ2) is 19.1. The van der Waals surface area contributed by atoms with E-state index in [1.165, 1.54) is 12.1 Å². The molecular formula is C26H42N10O8. The molecule has 0 aliphatic carbocycles. The molecule has 1 aromatic carbocycles. The average molecular weight is 623 g/mol. The van der Waals surface area contributed by atoms with Crippen molar-refractivity contribution in [2.45, 2.75) is 69.1 Å². The Morgan fingerprint density at radius 1 is 0.705 bits per heavy atom. The van der Waals surface area contributed by atoms with Crippen molar-refractivity contribution in [3.63, 3.8) is 0 Å². The van der Waals surface area contributed by atoms with Crippen LogP contribution in [0.4, 0.5) is 0 Å². The number of aliphatic carboxylic acids is 2. The van der Waals surface area contributed by atoms with Gasteiger partial charge in [-0.25, -0.2) is 4.79 Å². The maximum absolute atomic E-state index is 13.4. The number of nitrogens with two attached hydrogens (primary N) is 5. The molecule has 0 saturated heterocycles. The van der Waals surface area contributed by atoms with Gasteiger partial charge >= 0.3 is 11.9 Å². The molecule has 0 saturated carbocycles. The van der Waals surface area contributed by atoms with Gasteiger partial charge in [-0.15, -0.1) is 0 Å². The highest BCUT2D eigenvalue weighted by molar-refractivity contribution is 5.94. The lowest BCUT2D eigenvalue weighted by molar-refractivity contribution is -0.143. The van der Waals surface area contributed by atoms with Gasteiger partial charge in [0, 0.05) is 19.5 Å². The van der Waals surface area contributed by atoms with E-state index in [1.54, 1.807) is 12.1 Å². The van der Waals surface area contributed by atoms with Gasteiger partial charge in [0.25, 0.3) is 0 Å². The van der Waals surface area contributed by atoms with Crippen LogP contribution < -0.4 is 44.6 Å². The fraction of sp³-hybridized carbons (Fsp3) is 0.500. The quantitative estimate of drug-likeness (QED) is 0.0387. The molecule has 0 aromatic heterocycles. The molecule has 0 fully saturated rings. The molecule has 4 unspecified atom stereocenters. The summed E-state index contributed by atoms with van der Waals surface area (Å²) in [4.78, 5) is 69.7. The Balaban J connectivity index is 3.12. The third-order valence-electron chi connectivity index (χ3n) is 6.15. The zero-order valence-electron chi connectivity index (χ0n) is 24.1. The summed E-state index contributed by atoms with van der Waals surface area (Å²) in [5.41, 5.74) is 28.1. The van der Waals surface area contributed by atoms with E-state index >= 15 is 0 Å². The fourth-order valence-corrected chi connectivity index (χ4v) is 3.87. The van der Waals surface area contributed by atoms with Crippen molar-refractivity contribution in [3.05, 3.63) is 29.8 Å². The Kier molecular flexibility index (Phi) is 16.0. The predicted molar refractivity (Wildman–Crippen MR) is 160 cm³/mol. The summed E-state index contributed by atoms with van der Waals surface area (Å²) >= 11 is 0. The van der Waals surface area contributed by atoms with Gasteiger partial charge in [0.15, 0.2) is 11.9 Å². The topological polar surface area (TPSA) is 337 Å². The molecule has 0 spiro atoms. The van der Waals surface area contributed by atoms with Crippen molar-refractivity contribution >= 4 is 41.6 Å². The molecule has 44 heavy (non-hydrogen) atoms. The lowest BCUT2D eigenvalue weighted by Gasteiger charge is -2.25. The summed E-state index contributed by atoms with van der Waals surface area (Å²) in [7, 11) is 0. The van der Waals surface area contributed by atoms with E-state index in [0.717, 1.165) is 0 Å². The van der Waals surface area contributed by atoms with Crippen LogP contribution in [0.2, 0.25) is 0 Å². The van der Waals surface area contributed by atoms with Crippen LogP contribution in [0.15, 0.2) is 34.3 Å².